The Morgan fingerprint density at radius 3 is 2.59 bits per heavy atom. The molecule has 1 aliphatic rings. The largest absolute Gasteiger partial charge is 0.369 e. The average Bonchev–Trinajstić information content (AvgIpc) is 2.70. The average molecular weight is 416 g/mol. The van der Waals surface area contributed by atoms with Crippen molar-refractivity contribution in [1.82, 2.24) is 10.3 Å². The van der Waals surface area contributed by atoms with Gasteiger partial charge in [0.15, 0.2) is 0 Å². The van der Waals surface area contributed by atoms with Gasteiger partial charge in [-0.2, -0.15) is 0 Å². The third-order valence-corrected chi connectivity index (χ3v) is 6.05. The number of hydrogen-bond acceptors (Lipinski definition) is 3. The summed E-state index contributed by atoms with van der Waals surface area (Å²) in [7, 11) is 0. The van der Waals surface area contributed by atoms with Crippen molar-refractivity contribution in [3.63, 3.8) is 0 Å². The van der Waals surface area contributed by atoms with Gasteiger partial charge in [-0.15, -0.1) is 0 Å². The molecule has 2 aromatic rings. The minimum absolute atomic E-state index is 0.176. The molecule has 1 heterocycles. The van der Waals surface area contributed by atoms with Crippen LogP contribution in [0.4, 0.5) is 5.69 Å². The number of hydrogen-bond donors (Lipinski definition) is 2. The molecule has 1 aromatic carbocycles. The van der Waals surface area contributed by atoms with Crippen molar-refractivity contribution < 1.29 is 4.79 Å². The lowest BCUT2D eigenvalue weighted by Gasteiger charge is -2.36. The van der Waals surface area contributed by atoms with Crippen LogP contribution in [-0.2, 0) is 6.54 Å². The lowest BCUT2D eigenvalue weighted by Crippen LogP contribution is -2.37. The first kappa shape index (κ1) is 21.4. The molecule has 1 fully saturated rings. The van der Waals surface area contributed by atoms with Crippen LogP contribution in [0.5, 0.6) is 0 Å². The fourth-order valence-corrected chi connectivity index (χ4v) is 4.44. The first-order valence-electron chi connectivity index (χ1n) is 10.4. The number of anilines is 1. The number of aryl methyl sites for hydroxylation is 1. The van der Waals surface area contributed by atoms with Crippen LogP contribution in [0.3, 0.4) is 0 Å². The molecule has 1 aliphatic carbocycles. The summed E-state index contributed by atoms with van der Waals surface area (Å²) in [6, 6.07) is 7.75. The molecule has 0 unspecified atom stereocenters. The van der Waals surface area contributed by atoms with E-state index in [4.69, 9.17) is 11.6 Å². The minimum atomic E-state index is -0.217. The van der Waals surface area contributed by atoms with Crippen LogP contribution in [0, 0.1) is 13.8 Å². The summed E-state index contributed by atoms with van der Waals surface area (Å²) in [6.45, 7) is 7.01. The summed E-state index contributed by atoms with van der Waals surface area (Å²) in [5, 5.41) is 3.43. The maximum atomic E-state index is 12.9. The molecule has 0 atom stereocenters. The normalized spacial score (nSPS) is 14.6. The smallest absolute Gasteiger partial charge is 0.253 e. The highest BCUT2D eigenvalue weighted by Gasteiger charge is 2.24. The van der Waals surface area contributed by atoms with Gasteiger partial charge >= 0.3 is 0 Å². The zero-order valence-corrected chi connectivity index (χ0v) is 18.2. The van der Waals surface area contributed by atoms with Gasteiger partial charge in [0.25, 0.3) is 11.5 Å². The highest BCUT2D eigenvalue weighted by atomic mass is 35.5. The minimum Gasteiger partial charge on any atom is -0.369 e. The standard InChI is InChI=1S/C23H30ClN3O2/c1-4-27(19-8-6-5-7-9-19)21-13-18(24)12-20(16(21)3)23(29)25-14-17-11-10-15(2)26-22(17)28/h10-13,19H,4-9,14H2,1-3H3,(H,25,29)(H,26,28). The first-order chi connectivity index (χ1) is 13.9. The van der Waals surface area contributed by atoms with Gasteiger partial charge in [-0.3, -0.25) is 9.59 Å². The van der Waals surface area contributed by atoms with Gasteiger partial charge in [-0.05, 0) is 57.4 Å². The molecule has 1 saturated carbocycles. The molecule has 0 aliphatic heterocycles. The molecule has 29 heavy (non-hydrogen) atoms. The number of pyridine rings is 1. The summed E-state index contributed by atoms with van der Waals surface area (Å²) >= 11 is 6.40. The number of carbonyl (C=O) groups is 1. The number of nitrogens with zero attached hydrogens (tertiary/aromatic N) is 1. The van der Waals surface area contributed by atoms with Crippen LogP contribution >= 0.6 is 11.6 Å². The highest BCUT2D eigenvalue weighted by Crippen LogP contribution is 2.33. The molecule has 6 heteroatoms. The number of rotatable bonds is 6. The Morgan fingerprint density at radius 1 is 1.21 bits per heavy atom. The van der Waals surface area contributed by atoms with Crippen molar-refractivity contribution in [2.75, 3.05) is 11.4 Å². The van der Waals surface area contributed by atoms with Crippen molar-refractivity contribution >= 4 is 23.2 Å². The van der Waals surface area contributed by atoms with Crippen LogP contribution in [0.1, 0.15) is 66.2 Å². The number of halogens is 1. The molecular weight excluding hydrogens is 386 g/mol. The second kappa shape index (κ2) is 9.49. The maximum absolute atomic E-state index is 12.9. The number of amides is 1. The zero-order valence-electron chi connectivity index (χ0n) is 17.5. The Balaban J connectivity index is 1.83. The summed E-state index contributed by atoms with van der Waals surface area (Å²) < 4.78 is 0. The monoisotopic (exact) mass is 415 g/mol. The number of aromatic nitrogens is 1. The highest BCUT2D eigenvalue weighted by molar-refractivity contribution is 6.31. The van der Waals surface area contributed by atoms with Gasteiger partial charge in [0.1, 0.15) is 0 Å². The van der Waals surface area contributed by atoms with E-state index in [9.17, 15) is 9.59 Å². The predicted molar refractivity (Wildman–Crippen MR) is 119 cm³/mol. The van der Waals surface area contributed by atoms with Crippen molar-refractivity contribution in [3.05, 3.63) is 62.0 Å². The zero-order chi connectivity index (χ0) is 21.0. The van der Waals surface area contributed by atoms with Crippen molar-refractivity contribution in [3.8, 4) is 0 Å². The Labute approximate surface area is 177 Å². The van der Waals surface area contributed by atoms with Crippen LogP contribution in [0.2, 0.25) is 5.02 Å². The number of aromatic amines is 1. The van der Waals surface area contributed by atoms with E-state index in [1.807, 2.05) is 26.0 Å². The molecule has 5 nitrogen and oxygen atoms in total. The molecule has 2 N–H and O–H groups in total. The molecule has 156 valence electrons. The fraction of sp³-hybridized carbons (Fsp3) is 0.478. The van der Waals surface area contributed by atoms with E-state index in [1.165, 1.54) is 32.1 Å². The molecule has 1 aromatic heterocycles. The van der Waals surface area contributed by atoms with E-state index >= 15 is 0 Å². The predicted octanol–water partition coefficient (Wildman–Crippen LogP) is 4.73. The molecule has 0 bridgehead atoms. The number of H-pyrrole nitrogens is 1. The fourth-order valence-electron chi connectivity index (χ4n) is 4.23. The van der Waals surface area contributed by atoms with Gasteiger partial charge in [0, 0.05) is 46.7 Å². The summed E-state index contributed by atoms with van der Waals surface area (Å²) in [5.41, 5.74) is 3.67. The topological polar surface area (TPSA) is 65.2 Å². The Morgan fingerprint density at radius 2 is 1.93 bits per heavy atom. The number of carbonyl (C=O) groups excluding carboxylic acids is 1. The van der Waals surface area contributed by atoms with Crippen molar-refractivity contribution in [2.24, 2.45) is 0 Å². The second-order valence-corrected chi connectivity index (χ2v) is 8.29. The molecular formula is C23H30ClN3O2. The summed E-state index contributed by atoms with van der Waals surface area (Å²) in [5.74, 6) is -0.217. The molecule has 0 saturated heterocycles. The Kier molecular flexibility index (Phi) is 7.01. The molecule has 1 amide bonds. The lowest BCUT2D eigenvalue weighted by atomic mass is 9.93. The van der Waals surface area contributed by atoms with Gasteiger partial charge in [0.2, 0.25) is 0 Å². The van der Waals surface area contributed by atoms with E-state index in [0.29, 0.717) is 22.2 Å². The van der Waals surface area contributed by atoms with Gasteiger partial charge in [0.05, 0.1) is 0 Å². The maximum Gasteiger partial charge on any atom is 0.253 e. The van der Waals surface area contributed by atoms with Crippen LogP contribution in [0.25, 0.3) is 0 Å². The number of nitrogens with one attached hydrogen (secondary N) is 2. The van der Waals surface area contributed by atoms with E-state index in [-0.39, 0.29) is 18.0 Å². The van der Waals surface area contributed by atoms with Gasteiger partial charge in [-0.25, -0.2) is 0 Å². The SMILES string of the molecule is CCN(c1cc(Cl)cc(C(=O)NCc2ccc(C)[nH]c2=O)c1C)C1CCCCC1. The van der Waals surface area contributed by atoms with Gasteiger partial charge in [-0.1, -0.05) is 36.9 Å². The van der Waals surface area contributed by atoms with Crippen LogP contribution in [0.15, 0.2) is 29.1 Å². The van der Waals surface area contributed by atoms with E-state index in [0.717, 1.165) is 23.5 Å². The Hall–Kier alpha value is -2.27. The molecule has 3 rings (SSSR count). The number of benzene rings is 1. The Bertz CT molecular complexity index is 932. The van der Waals surface area contributed by atoms with Crippen LogP contribution < -0.4 is 15.8 Å². The molecule has 0 radical (unpaired) electrons. The first-order valence-corrected chi connectivity index (χ1v) is 10.8. The van der Waals surface area contributed by atoms with E-state index in [1.54, 1.807) is 12.1 Å². The summed E-state index contributed by atoms with van der Waals surface area (Å²) in [4.78, 5) is 30.1. The third kappa shape index (κ3) is 5.02. The van der Waals surface area contributed by atoms with Gasteiger partial charge < -0.3 is 15.2 Å². The van der Waals surface area contributed by atoms with Crippen molar-refractivity contribution in [1.29, 1.82) is 0 Å². The quantitative estimate of drug-likeness (QED) is 0.716. The van der Waals surface area contributed by atoms with E-state index in [2.05, 4.69) is 22.1 Å². The third-order valence-electron chi connectivity index (χ3n) is 5.83. The van der Waals surface area contributed by atoms with Crippen molar-refractivity contribution in [2.45, 2.75) is 65.5 Å². The molecule has 0 spiro atoms. The lowest BCUT2D eigenvalue weighted by molar-refractivity contribution is 0.0950. The summed E-state index contributed by atoms with van der Waals surface area (Å²) in [6.07, 6.45) is 6.15. The second-order valence-electron chi connectivity index (χ2n) is 7.85. The van der Waals surface area contributed by atoms with Crippen LogP contribution in [-0.4, -0.2) is 23.5 Å². The van der Waals surface area contributed by atoms with E-state index < -0.39 is 0 Å².